The van der Waals surface area contributed by atoms with Crippen LogP contribution in [-0.2, 0) is 4.79 Å². The molecule has 1 aliphatic rings. The van der Waals surface area contributed by atoms with Crippen molar-refractivity contribution in [2.24, 2.45) is 0 Å². The molecule has 0 saturated carbocycles. The summed E-state index contributed by atoms with van der Waals surface area (Å²) in [5.41, 5.74) is 1.23. The number of hydrogen-bond donors (Lipinski definition) is 1. The number of hydrogen-bond acceptors (Lipinski definition) is 3. The third kappa shape index (κ3) is 5.29. The number of nitrogens with one attached hydrogen (secondary N) is 1. The van der Waals surface area contributed by atoms with Gasteiger partial charge in [0, 0.05) is 30.1 Å². The molecule has 1 aromatic heterocycles. The Labute approximate surface area is 132 Å². The molecule has 0 bridgehead atoms. The first-order valence-corrected chi connectivity index (χ1v) is 8.79. The van der Waals surface area contributed by atoms with Gasteiger partial charge in [-0.25, -0.2) is 0 Å². The Morgan fingerprint density at radius 3 is 3.10 bits per heavy atom. The summed E-state index contributed by atoms with van der Waals surface area (Å²) in [5.74, 6) is 0.00879. The minimum atomic E-state index is 0.00879. The van der Waals surface area contributed by atoms with Crippen LogP contribution in [0.5, 0.6) is 0 Å². The summed E-state index contributed by atoms with van der Waals surface area (Å²) in [7, 11) is 0. The molecule has 2 heterocycles. The summed E-state index contributed by atoms with van der Waals surface area (Å²) >= 11 is 1.67. The normalized spacial score (nSPS) is 20.0. The fourth-order valence-corrected chi connectivity index (χ4v) is 3.57. The van der Waals surface area contributed by atoms with Gasteiger partial charge in [-0.05, 0) is 62.7 Å². The summed E-state index contributed by atoms with van der Waals surface area (Å²) in [6, 6.07) is 2.78. The summed E-state index contributed by atoms with van der Waals surface area (Å²) in [4.78, 5) is 15.5. The zero-order chi connectivity index (χ0) is 15.1. The minimum absolute atomic E-state index is 0.00879. The molecule has 4 heteroatoms. The molecule has 3 nitrogen and oxygen atoms in total. The van der Waals surface area contributed by atoms with Crippen molar-refractivity contribution in [2.45, 2.75) is 45.6 Å². The third-order valence-corrected chi connectivity index (χ3v) is 5.13. The number of nitrogens with zero attached hydrogens (tertiary/aromatic N) is 1. The molecule has 0 unspecified atom stereocenters. The monoisotopic (exact) mass is 306 g/mol. The van der Waals surface area contributed by atoms with Gasteiger partial charge in [0.25, 0.3) is 0 Å². The summed E-state index contributed by atoms with van der Waals surface area (Å²) < 4.78 is 0. The van der Waals surface area contributed by atoms with E-state index in [1.807, 2.05) is 11.5 Å². The first-order chi connectivity index (χ1) is 10.2. The van der Waals surface area contributed by atoms with Crippen LogP contribution in [0.25, 0.3) is 6.08 Å². The lowest BCUT2D eigenvalue weighted by atomic mass is 10.0. The van der Waals surface area contributed by atoms with E-state index in [1.165, 1.54) is 31.4 Å². The van der Waals surface area contributed by atoms with E-state index in [4.69, 9.17) is 0 Å². The zero-order valence-electron chi connectivity index (χ0n) is 13.1. The molecule has 1 aromatic rings. The number of likely N-dealkylation sites (tertiary alicyclic amines) is 1. The smallest absolute Gasteiger partial charge is 0.244 e. The highest BCUT2D eigenvalue weighted by molar-refractivity contribution is 7.11. The van der Waals surface area contributed by atoms with E-state index in [1.54, 1.807) is 17.4 Å². The van der Waals surface area contributed by atoms with E-state index >= 15 is 0 Å². The van der Waals surface area contributed by atoms with Gasteiger partial charge in [-0.1, -0.05) is 6.42 Å². The van der Waals surface area contributed by atoms with Crippen LogP contribution >= 0.6 is 11.3 Å². The Morgan fingerprint density at radius 1 is 1.52 bits per heavy atom. The largest absolute Gasteiger partial charge is 0.353 e. The van der Waals surface area contributed by atoms with Crippen LogP contribution in [0.3, 0.4) is 0 Å². The molecule has 116 valence electrons. The highest BCUT2D eigenvalue weighted by Gasteiger charge is 2.16. The molecule has 1 amide bonds. The summed E-state index contributed by atoms with van der Waals surface area (Å²) in [5, 5.41) is 5.02. The number of thiophene rings is 1. The average molecular weight is 306 g/mol. The number of aryl methyl sites for hydroxylation is 1. The van der Waals surface area contributed by atoms with Gasteiger partial charge in [0.05, 0.1) is 0 Å². The highest BCUT2D eigenvalue weighted by atomic mass is 32.1. The Kier molecular flexibility index (Phi) is 6.46. The lowest BCUT2D eigenvalue weighted by molar-refractivity contribution is -0.116. The molecule has 2 rings (SSSR count). The van der Waals surface area contributed by atoms with Crippen molar-refractivity contribution in [3.8, 4) is 0 Å². The Hall–Kier alpha value is -1.13. The zero-order valence-corrected chi connectivity index (χ0v) is 13.9. The van der Waals surface area contributed by atoms with E-state index < -0.39 is 0 Å². The van der Waals surface area contributed by atoms with E-state index in [0.29, 0.717) is 6.04 Å². The fraction of sp³-hybridized carbons (Fsp3) is 0.588. The van der Waals surface area contributed by atoms with Crippen molar-refractivity contribution in [1.29, 1.82) is 0 Å². The predicted octanol–water partition coefficient (Wildman–Crippen LogP) is 3.45. The maximum Gasteiger partial charge on any atom is 0.244 e. The molecule has 0 aromatic carbocycles. The quantitative estimate of drug-likeness (QED) is 0.645. The van der Waals surface area contributed by atoms with Gasteiger partial charge < -0.3 is 10.2 Å². The molecular weight excluding hydrogens is 280 g/mol. The van der Waals surface area contributed by atoms with E-state index in [0.717, 1.165) is 24.4 Å². The minimum Gasteiger partial charge on any atom is -0.353 e. The van der Waals surface area contributed by atoms with Crippen LogP contribution in [0.1, 0.15) is 43.0 Å². The van der Waals surface area contributed by atoms with E-state index in [9.17, 15) is 4.79 Å². The van der Waals surface area contributed by atoms with Crippen LogP contribution in [0, 0.1) is 6.92 Å². The Bertz CT molecular complexity index is 481. The second-order valence-corrected chi connectivity index (χ2v) is 6.77. The summed E-state index contributed by atoms with van der Waals surface area (Å²) in [6.07, 6.45) is 8.57. The van der Waals surface area contributed by atoms with Crippen molar-refractivity contribution in [2.75, 3.05) is 19.6 Å². The molecule has 1 saturated heterocycles. The first kappa shape index (κ1) is 16.2. The SMILES string of the molecule is Cc1ccsc1/C=C/C(=O)NCCCN1CCCC[C@H]1C. The fourth-order valence-electron chi connectivity index (χ4n) is 2.75. The number of piperidine rings is 1. The molecule has 1 atom stereocenters. The van der Waals surface area contributed by atoms with E-state index in [-0.39, 0.29) is 5.91 Å². The maximum atomic E-state index is 11.8. The van der Waals surface area contributed by atoms with Gasteiger partial charge in [0.1, 0.15) is 0 Å². The van der Waals surface area contributed by atoms with Gasteiger partial charge in [-0.3, -0.25) is 4.79 Å². The standard InChI is InChI=1S/C17H26N2OS/c1-14-9-13-21-16(14)7-8-17(20)18-10-5-12-19-11-4-3-6-15(19)2/h7-9,13,15H,3-6,10-12H2,1-2H3,(H,18,20)/b8-7+/t15-/m1/s1. The number of carbonyl (C=O) groups is 1. The van der Waals surface area contributed by atoms with Gasteiger partial charge >= 0.3 is 0 Å². The van der Waals surface area contributed by atoms with Crippen molar-refractivity contribution in [3.63, 3.8) is 0 Å². The van der Waals surface area contributed by atoms with Crippen LogP contribution in [0.15, 0.2) is 17.5 Å². The molecule has 0 spiro atoms. The molecule has 1 fully saturated rings. The van der Waals surface area contributed by atoms with E-state index in [2.05, 4.69) is 30.1 Å². The van der Waals surface area contributed by atoms with Crippen LogP contribution in [0.2, 0.25) is 0 Å². The Balaban J connectivity index is 1.63. The lowest BCUT2D eigenvalue weighted by Gasteiger charge is -2.33. The molecule has 0 radical (unpaired) electrons. The topological polar surface area (TPSA) is 32.3 Å². The van der Waals surface area contributed by atoms with Gasteiger partial charge in [-0.2, -0.15) is 0 Å². The molecule has 0 aliphatic carbocycles. The van der Waals surface area contributed by atoms with Gasteiger partial charge in [0.15, 0.2) is 0 Å². The first-order valence-electron chi connectivity index (χ1n) is 7.91. The van der Waals surface area contributed by atoms with Crippen LogP contribution in [0.4, 0.5) is 0 Å². The van der Waals surface area contributed by atoms with Crippen molar-refractivity contribution in [1.82, 2.24) is 10.2 Å². The maximum absolute atomic E-state index is 11.8. The van der Waals surface area contributed by atoms with Crippen LogP contribution < -0.4 is 5.32 Å². The number of rotatable bonds is 6. The predicted molar refractivity (Wildman–Crippen MR) is 90.6 cm³/mol. The van der Waals surface area contributed by atoms with Crippen molar-refractivity contribution >= 4 is 23.3 Å². The second kappa shape index (κ2) is 8.35. The average Bonchev–Trinajstić information content (AvgIpc) is 2.88. The summed E-state index contributed by atoms with van der Waals surface area (Å²) in [6.45, 7) is 7.44. The van der Waals surface area contributed by atoms with Crippen molar-refractivity contribution in [3.05, 3.63) is 28.0 Å². The second-order valence-electron chi connectivity index (χ2n) is 5.83. The van der Waals surface area contributed by atoms with Gasteiger partial charge in [-0.15, -0.1) is 11.3 Å². The Morgan fingerprint density at radius 2 is 2.38 bits per heavy atom. The molecular formula is C17H26N2OS. The van der Waals surface area contributed by atoms with Gasteiger partial charge in [0.2, 0.25) is 5.91 Å². The van der Waals surface area contributed by atoms with Crippen LogP contribution in [-0.4, -0.2) is 36.5 Å². The highest BCUT2D eigenvalue weighted by Crippen LogP contribution is 2.17. The molecule has 1 aliphatic heterocycles. The van der Waals surface area contributed by atoms with Crippen molar-refractivity contribution < 1.29 is 4.79 Å². The number of amides is 1. The lowest BCUT2D eigenvalue weighted by Crippen LogP contribution is -2.39. The molecule has 1 N–H and O–H groups in total. The number of carbonyl (C=O) groups excluding carboxylic acids is 1. The molecule has 21 heavy (non-hydrogen) atoms. The third-order valence-electron chi connectivity index (χ3n) is 4.15.